The van der Waals surface area contributed by atoms with Gasteiger partial charge in [-0.2, -0.15) is 0 Å². The molecule has 0 spiro atoms. The molecule has 0 fully saturated rings. The highest BCUT2D eigenvalue weighted by Gasteiger charge is 2.39. The zero-order valence-electron chi connectivity index (χ0n) is 9.97. The summed E-state index contributed by atoms with van der Waals surface area (Å²) in [5.74, 6) is -1.45. The number of rotatable bonds is 5. The number of carboxylic acid groups (broad SMARTS) is 1. The molecule has 17 heavy (non-hydrogen) atoms. The molecule has 0 unspecified atom stereocenters. The lowest BCUT2D eigenvalue weighted by Crippen LogP contribution is -2.40. The summed E-state index contributed by atoms with van der Waals surface area (Å²) in [6.07, 6.45) is 0.361. The highest BCUT2D eigenvalue weighted by molar-refractivity contribution is 5.82. The predicted octanol–water partition coefficient (Wildman–Crippen LogP) is 1.98. The molecule has 1 rings (SSSR count). The number of carbonyl (C=O) groups is 2. The lowest BCUT2D eigenvalue weighted by atomic mass is 9.79. The lowest BCUT2D eigenvalue weighted by Gasteiger charge is -2.27. The molecule has 4 heteroatoms. The summed E-state index contributed by atoms with van der Waals surface area (Å²) in [7, 11) is 0. The lowest BCUT2D eigenvalue weighted by molar-refractivity contribution is -0.152. The Morgan fingerprint density at radius 3 is 2.29 bits per heavy atom. The van der Waals surface area contributed by atoms with Gasteiger partial charge in [0.2, 0.25) is 0 Å². The van der Waals surface area contributed by atoms with Gasteiger partial charge >= 0.3 is 11.9 Å². The van der Waals surface area contributed by atoms with E-state index in [1.807, 2.05) is 6.07 Å². The summed E-state index contributed by atoms with van der Waals surface area (Å²) < 4.78 is 4.89. The fraction of sp³-hybridized carbons (Fsp3) is 0.385. The topological polar surface area (TPSA) is 63.6 Å². The second-order valence-electron chi connectivity index (χ2n) is 3.89. The minimum atomic E-state index is -1.16. The van der Waals surface area contributed by atoms with Gasteiger partial charge < -0.3 is 9.84 Å². The first-order chi connectivity index (χ1) is 8.03. The third-order valence-corrected chi connectivity index (χ3v) is 2.86. The molecule has 0 amide bonds. The third-order valence-electron chi connectivity index (χ3n) is 2.86. The molecule has 0 aliphatic carbocycles. The first kappa shape index (κ1) is 13.2. The van der Waals surface area contributed by atoms with Crippen LogP contribution in [0.3, 0.4) is 0 Å². The standard InChI is InChI=1S/C13H16O4/c1-3-13(12(15)16,9-17-10(2)14)11-7-5-4-6-8-11/h4-8H,3,9H2,1-2H3,(H,15,16)/t13-/m0/s1. The maximum atomic E-state index is 11.5. The molecule has 0 radical (unpaired) electrons. The van der Waals surface area contributed by atoms with Crippen LogP contribution in [0.4, 0.5) is 0 Å². The summed E-state index contributed by atoms with van der Waals surface area (Å²) in [4.78, 5) is 22.3. The molecule has 0 saturated heterocycles. The summed E-state index contributed by atoms with van der Waals surface area (Å²) in [6.45, 7) is 2.90. The molecular formula is C13H16O4. The highest BCUT2D eigenvalue weighted by atomic mass is 16.5. The van der Waals surface area contributed by atoms with Gasteiger partial charge in [0.15, 0.2) is 0 Å². The Hall–Kier alpha value is -1.84. The van der Waals surface area contributed by atoms with Crippen LogP contribution < -0.4 is 0 Å². The van der Waals surface area contributed by atoms with E-state index in [1.165, 1.54) is 6.92 Å². The number of esters is 1. The average Bonchev–Trinajstić information content (AvgIpc) is 2.31. The third kappa shape index (κ3) is 2.84. The fourth-order valence-electron chi connectivity index (χ4n) is 1.71. The summed E-state index contributed by atoms with van der Waals surface area (Å²) in [6, 6.07) is 8.84. The molecule has 1 atom stereocenters. The number of hydrogen-bond acceptors (Lipinski definition) is 3. The van der Waals surface area contributed by atoms with E-state index in [4.69, 9.17) is 4.74 Å². The van der Waals surface area contributed by atoms with Crippen molar-refractivity contribution in [2.24, 2.45) is 0 Å². The van der Waals surface area contributed by atoms with E-state index in [9.17, 15) is 14.7 Å². The first-order valence-electron chi connectivity index (χ1n) is 5.45. The van der Waals surface area contributed by atoms with Crippen molar-refractivity contribution in [1.29, 1.82) is 0 Å². The van der Waals surface area contributed by atoms with Gasteiger partial charge in [-0.1, -0.05) is 37.3 Å². The van der Waals surface area contributed by atoms with Gasteiger partial charge in [-0.15, -0.1) is 0 Å². The predicted molar refractivity (Wildman–Crippen MR) is 62.7 cm³/mol. The van der Waals surface area contributed by atoms with Gasteiger partial charge in [0.05, 0.1) is 0 Å². The van der Waals surface area contributed by atoms with E-state index in [1.54, 1.807) is 31.2 Å². The molecular weight excluding hydrogens is 220 g/mol. The maximum absolute atomic E-state index is 11.5. The minimum Gasteiger partial charge on any atom is -0.480 e. The largest absolute Gasteiger partial charge is 0.480 e. The molecule has 0 heterocycles. The molecule has 0 aromatic heterocycles. The highest BCUT2D eigenvalue weighted by Crippen LogP contribution is 2.28. The normalized spacial score (nSPS) is 13.8. The number of ether oxygens (including phenoxy) is 1. The SMILES string of the molecule is CC[C@@](COC(C)=O)(C(=O)O)c1ccccc1. The van der Waals surface area contributed by atoms with Crippen LogP contribution in [-0.2, 0) is 19.7 Å². The zero-order valence-corrected chi connectivity index (χ0v) is 9.97. The molecule has 0 aliphatic rings. The first-order valence-corrected chi connectivity index (χ1v) is 5.45. The summed E-state index contributed by atoms with van der Waals surface area (Å²) >= 11 is 0. The Bertz CT molecular complexity index is 399. The quantitative estimate of drug-likeness (QED) is 0.794. The Morgan fingerprint density at radius 2 is 1.88 bits per heavy atom. The number of carbonyl (C=O) groups excluding carboxylic acids is 1. The van der Waals surface area contributed by atoms with Crippen molar-refractivity contribution in [1.82, 2.24) is 0 Å². The van der Waals surface area contributed by atoms with E-state index in [0.717, 1.165) is 0 Å². The van der Waals surface area contributed by atoms with Crippen LogP contribution in [-0.4, -0.2) is 23.7 Å². The van der Waals surface area contributed by atoms with Gasteiger partial charge in [0.1, 0.15) is 12.0 Å². The molecule has 0 bridgehead atoms. The van der Waals surface area contributed by atoms with Crippen LogP contribution in [0.2, 0.25) is 0 Å². The van der Waals surface area contributed by atoms with Crippen molar-refractivity contribution in [3.63, 3.8) is 0 Å². The van der Waals surface area contributed by atoms with E-state index in [2.05, 4.69) is 0 Å². The summed E-state index contributed by atoms with van der Waals surface area (Å²) in [5.41, 5.74) is -0.510. The van der Waals surface area contributed by atoms with Crippen molar-refractivity contribution in [3.05, 3.63) is 35.9 Å². The van der Waals surface area contributed by atoms with Crippen molar-refractivity contribution < 1.29 is 19.4 Å². The average molecular weight is 236 g/mol. The van der Waals surface area contributed by atoms with E-state index >= 15 is 0 Å². The maximum Gasteiger partial charge on any atom is 0.317 e. The Kier molecular flexibility index (Phi) is 4.26. The zero-order chi connectivity index (χ0) is 12.9. The van der Waals surface area contributed by atoms with Crippen LogP contribution >= 0.6 is 0 Å². The van der Waals surface area contributed by atoms with Crippen LogP contribution in [0, 0.1) is 0 Å². The van der Waals surface area contributed by atoms with Crippen molar-refractivity contribution in [3.8, 4) is 0 Å². The minimum absolute atomic E-state index is 0.141. The van der Waals surface area contributed by atoms with Crippen LogP contribution in [0.15, 0.2) is 30.3 Å². The van der Waals surface area contributed by atoms with E-state index < -0.39 is 17.4 Å². The molecule has 1 aromatic carbocycles. The smallest absolute Gasteiger partial charge is 0.317 e. The van der Waals surface area contributed by atoms with Crippen LogP contribution in [0.5, 0.6) is 0 Å². The molecule has 0 aliphatic heterocycles. The monoisotopic (exact) mass is 236 g/mol. The van der Waals surface area contributed by atoms with Gasteiger partial charge in [-0.3, -0.25) is 9.59 Å². The summed E-state index contributed by atoms with van der Waals surface area (Å²) in [5, 5.41) is 9.40. The number of benzene rings is 1. The van der Waals surface area contributed by atoms with Crippen molar-refractivity contribution in [2.45, 2.75) is 25.7 Å². The second kappa shape index (κ2) is 5.48. The molecule has 1 N–H and O–H groups in total. The molecule has 1 aromatic rings. The van der Waals surface area contributed by atoms with Gasteiger partial charge in [-0.05, 0) is 12.0 Å². The van der Waals surface area contributed by atoms with E-state index in [0.29, 0.717) is 12.0 Å². The number of aliphatic carboxylic acids is 1. The van der Waals surface area contributed by atoms with Crippen molar-refractivity contribution in [2.75, 3.05) is 6.61 Å². The Morgan fingerprint density at radius 1 is 1.29 bits per heavy atom. The van der Waals surface area contributed by atoms with Crippen LogP contribution in [0.1, 0.15) is 25.8 Å². The van der Waals surface area contributed by atoms with Gasteiger partial charge in [-0.25, -0.2) is 0 Å². The second-order valence-corrected chi connectivity index (χ2v) is 3.89. The van der Waals surface area contributed by atoms with Crippen LogP contribution in [0.25, 0.3) is 0 Å². The number of carboxylic acids is 1. The number of hydrogen-bond donors (Lipinski definition) is 1. The fourth-order valence-corrected chi connectivity index (χ4v) is 1.71. The van der Waals surface area contributed by atoms with Crippen molar-refractivity contribution >= 4 is 11.9 Å². The Labute approximate surface area is 100 Å². The van der Waals surface area contributed by atoms with E-state index in [-0.39, 0.29) is 6.61 Å². The molecule has 92 valence electrons. The molecule has 0 saturated carbocycles. The Balaban J connectivity index is 3.09. The van der Waals surface area contributed by atoms with Gasteiger partial charge in [0.25, 0.3) is 0 Å². The molecule has 4 nitrogen and oxygen atoms in total. The van der Waals surface area contributed by atoms with Gasteiger partial charge in [0, 0.05) is 6.92 Å².